The summed E-state index contributed by atoms with van der Waals surface area (Å²) in [5, 5.41) is 8.83. The van der Waals surface area contributed by atoms with Crippen molar-refractivity contribution in [3.63, 3.8) is 0 Å². The number of nitrogens with zero attached hydrogens (tertiary/aromatic N) is 2. The number of carboxylic acid groups (broad SMARTS) is 1. The summed E-state index contributed by atoms with van der Waals surface area (Å²) in [6, 6.07) is 0.379. The lowest BCUT2D eigenvalue weighted by molar-refractivity contribution is -0.137. The number of likely N-dealkylation sites (N-methyl/N-ethyl adjacent to an activating group) is 1. The molecule has 1 aliphatic rings. The first kappa shape index (κ1) is 15.4. The van der Waals surface area contributed by atoms with E-state index >= 15 is 0 Å². The van der Waals surface area contributed by atoms with Crippen molar-refractivity contribution >= 4 is 5.97 Å². The molecule has 4 heteroatoms. The van der Waals surface area contributed by atoms with Gasteiger partial charge in [0.05, 0.1) is 0 Å². The number of hydrogen-bond donors (Lipinski definition) is 1. The zero-order valence-corrected chi connectivity index (χ0v) is 12.2. The van der Waals surface area contributed by atoms with Gasteiger partial charge in [-0.2, -0.15) is 0 Å². The molecule has 0 radical (unpaired) electrons. The number of carbonyl (C=O) groups is 1. The molecule has 0 aromatic heterocycles. The quantitative estimate of drug-likeness (QED) is 0.814. The van der Waals surface area contributed by atoms with Crippen LogP contribution in [0.5, 0.6) is 0 Å². The summed E-state index contributed by atoms with van der Waals surface area (Å²) >= 11 is 0. The third kappa shape index (κ3) is 5.36. The van der Waals surface area contributed by atoms with Gasteiger partial charge in [0.2, 0.25) is 0 Å². The van der Waals surface area contributed by atoms with E-state index in [1.54, 1.807) is 0 Å². The van der Waals surface area contributed by atoms with Crippen LogP contribution in [0, 0.1) is 11.8 Å². The highest BCUT2D eigenvalue weighted by molar-refractivity contribution is 5.66. The molecular weight excluding hydrogens is 228 g/mol. The molecule has 1 rings (SSSR count). The number of aliphatic carboxylic acids is 1. The monoisotopic (exact) mass is 256 g/mol. The Bertz CT molecular complexity index is 269. The first-order valence-electron chi connectivity index (χ1n) is 7.02. The second-order valence-corrected chi connectivity index (χ2v) is 6.24. The summed E-state index contributed by atoms with van der Waals surface area (Å²) < 4.78 is 0. The molecule has 18 heavy (non-hydrogen) atoms. The van der Waals surface area contributed by atoms with Gasteiger partial charge in [0, 0.05) is 38.6 Å². The highest BCUT2D eigenvalue weighted by atomic mass is 16.4. The van der Waals surface area contributed by atoms with E-state index in [4.69, 9.17) is 5.11 Å². The van der Waals surface area contributed by atoms with Crippen LogP contribution in [0.2, 0.25) is 0 Å². The van der Waals surface area contributed by atoms with Gasteiger partial charge in [-0.1, -0.05) is 20.8 Å². The van der Waals surface area contributed by atoms with Gasteiger partial charge in [0.1, 0.15) is 0 Å². The molecule has 4 nitrogen and oxygen atoms in total. The van der Waals surface area contributed by atoms with Crippen LogP contribution in [-0.4, -0.2) is 60.1 Å². The fourth-order valence-corrected chi connectivity index (χ4v) is 2.92. The molecular formula is C14H28N2O2. The highest BCUT2D eigenvalue weighted by Gasteiger charge is 2.26. The maximum absolute atomic E-state index is 10.7. The average molecular weight is 256 g/mol. The normalized spacial score (nSPS) is 27.4. The largest absolute Gasteiger partial charge is 0.481 e. The smallest absolute Gasteiger partial charge is 0.303 e. The lowest BCUT2D eigenvalue weighted by Crippen LogP contribution is -2.40. The zero-order valence-electron chi connectivity index (χ0n) is 12.2. The minimum atomic E-state index is -0.684. The summed E-state index contributed by atoms with van der Waals surface area (Å²) in [7, 11) is 2.13. The minimum absolute atomic E-state index is 0.277. The van der Waals surface area contributed by atoms with E-state index in [1.165, 1.54) is 0 Å². The Morgan fingerprint density at radius 1 is 1.33 bits per heavy atom. The van der Waals surface area contributed by atoms with E-state index in [-0.39, 0.29) is 6.42 Å². The van der Waals surface area contributed by atoms with E-state index in [1.807, 2.05) is 0 Å². The second kappa shape index (κ2) is 7.10. The molecule has 0 spiro atoms. The van der Waals surface area contributed by atoms with E-state index < -0.39 is 5.97 Å². The van der Waals surface area contributed by atoms with Crippen LogP contribution >= 0.6 is 0 Å². The summed E-state index contributed by atoms with van der Waals surface area (Å²) in [6.07, 6.45) is 1.03. The average Bonchev–Trinajstić information content (AvgIpc) is 2.33. The molecule has 2 unspecified atom stereocenters. The van der Waals surface area contributed by atoms with Gasteiger partial charge < -0.3 is 14.9 Å². The standard InChI is InChI=1S/C14H28N2O2/c1-11(2)7-16-9-12(3)8-15(4)13(10-16)5-6-14(17)18/h11-13H,5-10H2,1-4H3,(H,17,18). The fourth-order valence-electron chi connectivity index (χ4n) is 2.92. The molecule has 1 saturated heterocycles. The van der Waals surface area contributed by atoms with Crippen LogP contribution < -0.4 is 0 Å². The van der Waals surface area contributed by atoms with Crippen molar-refractivity contribution in [2.24, 2.45) is 11.8 Å². The minimum Gasteiger partial charge on any atom is -0.481 e. The van der Waals surface area contributed by atoms with Gasteiger partial charge in [-0.3, -0.25) is 4.79 Å². The van der Waals surface area contributed by atoms with Gasteiger partial charge in [0.25, 0.3) is 0 Å². The van der Waals surface area contributed by atoms with E-state index in [0.29, 0.717) is 17.9 Å². The first-order chi connectivity index (χ1) is 8.38. The van der Waals surface area contributed by atoms with Crippen LogP contribution in [0.4, 0.5) is 0 Å². The maximum Gasteiger partial charge on any atom is 0.303 e. The molecule has 1 N–H and O–H groups in total. The predicted molar refractivity (Wildman–Crippen MR) is 73.7 cm³/mol. The lowest BCUT2D eigenvalue weighted by atomic mass is 10.1. The van der Waals surface area contributed by atoms with Crippen molar-refractivity contribution in [3.8, 4) is 0 Å². The molecule has 1 heterocycles. The summed E-state index contributed by atoms with van der Waals surface area (Å²) in [5.74, 6) is 0.639. The SMILES string of the molecule is CC(C)CN1CC(C)CN(C)C(CCC(=O)O)C1. The topological polar surface area (TPSA) is 43.8 Å². The number of hydrogen-bond acceptors (Lipinski definition) is 3. The molecule has 0 aromatic carbocycles. The summed E-state index contributed by atoms with van der Waals surface area (Å²) in [4.78, 5) is 15.6. The molecule has 0 amide bonds. The molecule has 0 aliphatic carbocycles. The Kier molecular flexibility index (Phi) is 6.09. The van der Waals surface area contributed by atoms with Crippen molar-refractivity contribution in [1.82, 2.24) is 9.80 Å². The third-order valence-electron chi connectivity index (χ3n) is 3.58. The van der Waals surface area contributed by atoms with Gasteiger partial charge in [-0.25, -0.2) is 0 Å². The molecule has 0 aromatic rings. The van der Waals surface area contributed by atoms with Crippen molar-refractivity contribution < 1.29 is 9.90 Å². The summed E-state index contributed by atoms with van der Waals surface area (Å²) in [6.45, 7) is 11.1. The Labute approximate surface area is 111 Å². The van der Waals surface area contributed by atoms with Gasteiger partial charge in [-0.15, -0.1) is 0 Å². The van der Waals surface area contributed by atoms with Crippen molar-refractivity contribution in [3.05, 3.63) is 0 Å². The second-order valence-electron chi connectivity index (χ2n) is 6.24. The van der Waals surface area contributed by atoms with Gasteiger partial charge in [-0.05, 0) is 25.3 Å². The van der Waals surface area contributed by atoms with E-state index in [2.05, 4.69) is 37.6 Å². The molecule has 2 atom stereocenters. The van der Waals surface area contributed by atoms with Crippen molar-refractivity contribution in [2.45, 2.75) is 39.7 Å². The fraction of sp³-hybridized carbons (Fsp3) is 0.929. The molecule has 0 saturated carbocycles. The Hall–Kier alpha value is -0.610. The number of rotatable bonds is 5. The van der Waals surface area contributed by atoms with Crippen LogP contribution in [-0.2, 0) is 4.79 Å². The maximum atomic E-state index is 10.7. The third-order valence-corrected chi connectivity index (χ3v) is 3.58. The molecule has 1 fully saturated rings. The molecule has 0 bridgehead atoms. The van der Waals surface area contributed by atoms with E-state index in [0.717, 1.165) is 32.6 Å². The lowest BCUT2D eigenvalue weighted by Gasteiger charge is -2.29. The van der Waals surface area contributed by atoms with Crippen molar-refractivity contribution in [2.75, 3.05) is 33.2 Å². The van der Waals surface area contributed by atoms with Crippen molar-refractivity contribution in [1.29, 1.82) is 0 Å². The highest BCUT2D eigenvalue weighted by Crippen LogP contribution is 2.17. The molecule has 1 aliphatic heterocycles. The van der Waals surface area contributed by atoms with Gasteiger partial charge in [0.15, 0.2) is 0 Å². The zero-order chi connectivity index (χ0) is 13.7. The predicted octanol–water partition coefficient (Wildman–Crippen LogP) is 1.76. The number of carboxylic acids is 1. The van der Waals surface area contributed by atoms with Crippen LogP contribution in [0.25, 0.3) is 0 Å². The first-order valence-corrected chi connectivity index (χ1v) is 7.02. The molecule has 106 valence electrons. The van der Waals surface area contributed by atoms with Crippen LogP contribution in [0.15, 0.2) is 0 Å². The van der Waals surface area contributed by atoms with Gasteiger partial charge >= 0.3 is 5.97 Å². The Balaban J connectivity index is 2.59. The summed E-state index contributed by atoms with van der Waals surface area (Å²) in [5.41, 5.74) is 0. The Morgan fingerprint density at radius 2 is 2.00 bits per heavy atom. The van der Waals surface area contributed by atoms with Crippen LogP contribution in [0.1, 0.15) is 33.6 Å². The van der Waals surface area contributed by atoms with E-state index in [9.17, 15) is 4.79 Å². The van der Waals surface area contributed by atoms with Crippen LogP contribution in [0.3, 0.4) is 0 Å². The Morgan fingerprint density at radius 3 is 2.56 bits per heavy atom.